The van der Waals surface area contributed by atoms with Gasteiger partial charge in [0.25, 0.3) is 17.7 Å². The number of imide groups is 1. The van der Waals surface area contributed by atoms with Crippen molar-refractivity contribution in [3.05, 3.63) is 89.1 Å². The van der Waals surface area contributed by atoms with Crippen molar-refractivity contribution in [2.75, 3.05) is 0 Å². The molecule has 2 aliphatic rings. The van der Waals surface area contributed by atoms with E-state index >= 15 is 0 Å². The Morgan fingerprint density at radius 1 is 1.07 bits per heavy atom. The first kappa shape index (κ1) is 18.3. The van der Waals surface area contributed by atoms with Gasteiger partial charge in [-0.05, 0) is 60.9 Å². The minimum absolute atomic E-state index is 0.0683. The van der Waals surface area contributed by atoms with Crippen molar-refractivity contribution in [3.8, 4) is 0 Å². The first-order valence-corrected chi connectivity index (χ1v) is 9.84. The Morgan fingerprint density at radius 2 is 1.83 bits per heavy atom. The number of nitrogens with zero attached hydrogens (tertiary/aromatic N) is 3. The van der Waals surface area contributed by atoms with E-state index in [-0.39, 0.29) is 30.0 Å². The standard InChI is InChI=1S/C23H19N3O4/c27-21(25(17-4-5-17)13-15-7-9-24-10-8-15)16-3-6-19-20(12-16)23(29)26(22(19)28)14-18-2-1-11-30-18/h1-3,6-12,17H,4-5,13-14H2. The van der Waals surface area contributed by atoms with E-state index in [2.05, 4.69) is 4.98 Å². The fourth-order valence-electron chi connectivity index (χ4n) is 3.73. The Bertz CT molecular complexity index is 1120. The van der Waals surface area contributed by atoms with Gasteiger partial charge in [-0.15, -0.1) is 0 Å². The van der Waals surface area contributed by atoms with E-state index in [1.807, 2.05) is 17.0 Å². The third-order valence-electron chi connectivity index (χ3n) is 5.46. The zero-order chi connectivity index (χ0) is 20.7. The van der Waals surface area contributed by atoms with Crippen LogP contribution in [-0.2, 0) is 13.1 Å². The predicted molar refractivity (Wildman–Crippen MR) is 106 cm³/mol. The largest absolute Gasteiger partial charge is 0.467 e. The molecule has 0 atom stereocenters. The number of carbonyl (C=O) groups is 3. The molecule has 0 bridgehead atoms. The Hall–Kier alpha value is -3.74. The molecular weight excluding hydrogens is 382 g/mol. The van der Waals surface area contributed by atoms with Gasteiger partial charge in [-0.3, -0.25) is 24.3 Å². The van der Waals surface area contributed by atoms with Crippen molar-refractivity contribution in [2.24, 2.45) is 0 Å². The highest BCUT2D eigenvalue weighted by molar-refractivity contribution is 6.22. The van der Waals surface area contributed by atoms with Gasteiger partial charge >= 0.3 is 0 Å². The first-order chi connectivity index (χ1) is 14.6. The third kappa shape index (κ3) is 3.28. The lowest BCUT2D eigenvalue weighted by Gasteiger charge is -2.23. The fourth-order valence-corrected chi connectivity index (χ4v) is 3.73. The van der Waals surface area contributed by atoms with Gasteiger partial charge in [-0.25, -0.2) is 0 Å². The van der Waals surface area contributed by atoms with Gasteiger partial charge in [0.15, 0.2) is 0 Å². The van der Waals surface area contributed by atoms with Crippen molar-refractivity contribution in [1.82, 2.24) is 14.8 Å². The second-order valence-corrected chi connectivity index (χ2v) is 7.56. The molecule has 0 N–H and O–H groups in total. The summed E-state index contributed by atoms with van der Waals surface area (Å²) in [6.45, 7) is 0.555. The number of furan rings is 1. The quantitative estimate of drug-likeness (QED) is 0.592. The molecule has 0 spiro atoms. The van der Waals surface area contributed by atoms with Crippen LogP contribution in [0.4, 0.5) is 0 Å². The zero-order valence-electron chi connectivity index (χ0n) is 16.2. The van der Waals surface area contributed by atoms with Gasteiger partial charge in [-0.2, -0.15) is 0 Å². The number of fused-ring (bicyclic) bond motifs is 1. The molecule has 1 saturated carbocycles. The summed E-state index contributed by atoms with van der Waals surface area (Å²) >= 11 is 0. The van der Waals surface area contributed by atoms with Crippen LogP contribution in [0.3, 0.4) is 0 Å². The van der Waals surface area contributed by atoms with Crippen LogP contribution in [0.1, 0.15) is 55.2 Å². The van der Waals surface area contributed by atoms with Gasteiger partial charge in [0.2, 0.25) is 0 Å². The number of carbonyl (C=O) groups excluding carboxylic acids is 3. The van der Waals surface area contributed by atoms with Crippen LogP contribution in [0.25, 0.3) is 0 Å². The summed E-state index contributed by atoms with van der Waals surface area (Å²) < 4.78 is 5.26. The minimum atomic E-state index is -0.409. The molecule has 30 heavy (non-hydrogen) atoms. The zero-order valence-corrected chi connectivity index (χ0v) is 16.2. The van der Waals surface area contributed by atoms with Gasteiger partial charge < -0.3 is 9.32 Å². The summed E-state index contributed by atoms with van der Waals surface area (Å²) in [6.07, 6.45) is 6.85. The van der Waals surface area contributed by atoms with Crippen LogP contribution in [-0.4, -0.2) is 38.5 Å². The molecule has 3 heterocycles. The van der Waals surface area contributed by atoms with Gasteiger partial charge in [0.1, 0.15) is 5.76 Å². The number of hydrogen-bond acceptors (Lipinski definition) is 5. The van der Waals surface area contributed by atoms with E-state index in [0.717, 1.165) is 23.3 Å². The SMILES string of the molecule is O=C1c2ccc(C(=O)N(Cc3ccncc3)C3CC3)cc2C(=O)N1Cc1ccco1. The molecule has 7 heteroatoms. The summed E-state index contributed by atoms with van der Waals surface area (Å²) in [5, 5.41) is 0. The molecule has 1 fully saturated rings. The van der Waals surface area contributed by atoms with Crippen LogP contribution < -0.4 is 0 Å². The molecule has 0 unspecified atom stereocenters. The van der Waals surface area contributed by atoms with E-state index in [1.54, 1.807) is 42.7 Å². The number of aromatic nitrogens is 1. The van der Waals surface area contributed by atoms with Crippen molar-refractivity contribution < 1.29 is 18.8 Å². The summed E-state index contributed by atoms with van der Waals surface area (Å²) in [5.41, 5.74) is 1.99. The minimum Gasteiger partial charge on any atom is -0.467 e. The Kier molecular flexibility index (Phi) is 4.43. The molecule has 150 valence electrons. The molecule has 3 amide bonds. The van der Waals surface area contributed by atoms with E-state index in [9.17, 15) is 14.4 Å². The topological polar surface area (TPSA) is 83.7 Å². The monoisotopic (exact) mass is 401 g/mol. The normalized spacial score (nSPS) is 15.4. The molecular formula is C23H19N3O4. The smallest absolute Gasteiger partial charge is 0.261 e. The van der Waals surface area contributed by atoms with E-state index in [1.165, 1.54) is 6.26 Å². The molecule has 5 rings (SSSR count). The van der Waals surface area contributed by atoms with Crippen molar-refractivity contribution >= 4 is 17.7 Å². The number of hydrogen-bond donors (Lipinski definition) is 0. The predicted octanol–water partition coefficient (Wildman–Crippen LogP) is 3.28. The second-order valence-electron chi connectivity index (χ2n) is 7.56. The number of rotatable bonds is 6. The average Bonchev–Trinajstić information content (AvgIpc) is 3.44. The van der Waals surface area contributed by atoms with Crippen LogP contribution in [0.2, 0.25) is 0 Å². The lowest BCUT2D eigenvalue weighted by molar-refractivity contribution is 0.0631. The van der Waals surface area contributed by atoms with Crippen LogP contribution in [0, 0.1) is 0 Å². The number of benzene rings is 1. The van der Waals surface area contributed by atoms with Gasteiger partial charge in [0, 0.05) is 30.5 Å². The van der Waals surface area contributed by atoms with E-state index in [0.29, 0.717) is 23.4 Å². The summed E-state index contributed by atoms with van der Waals surface area (Å²) in [7, 11) is 0. The number of pyridine rings is 1. The lowest BCUT2D eigenvalue weighted by Crippen LogP contribution is -2.32. The first-order valence-electron chi connectivity index (χ1n) is 9.84. The molecule has 1 aromatic carbocycles. The third-order valence-corrected chi connectivity index (χ3v) is 5.46. The molecule has 7 nitrogen and oxygen atoms in total. The van der Waals surface area contributed by atoms with Gasteiger partial charge in [0.05, 0.1) is 23.9 Å². The Morgan fingerprint density at radius 3 is 2.53 bits per heavy atom. The highest BCUT2D eigenvalue weighted by Crippen LogP contribution is 2.31. The Labute approximate surface area is 172 Å². The van der Waals surface area contributed by atoms with Gasteiger partial charge in [-0.1, -0.05) is 0 Å². The molecule has 1 aliphatic carbocycles. The summed E-state index contributed by atoms with van der Waals surface area (Å²) in [5.74, 6) is -0.394. The fraction of sp³-hybridized carbons (Fsp3) is 0.217. The molecule has 2 aromatic heterocycles. The Balaban J connectivity index is 1.40. The average molecular weight is 401 g/mol. The highest BCUT2D eigenvalue weighted by Gasteiger charge is 2.38. The van der Waals surface area contributed by atoms with Crippen LogP contribution in [0.15, 0.2) is 65.5 Å². The molecule has 1 aliphatic heterocycles. The maximum absolute atomic E-state index is 13.2. The van der Waals surface area contributed by atoms with Crippen molar-refractivity contribution in [2.45, 2.75) is 32.0 Å². The van der Waals surface area contributed by atoms with Crippen LogP contribution >= 0.6 is 0 Å². The van der Waals surface area contributed by atoms with Crippen LogP contribution in [0.5, 0.6) is 0 Å². The maximum atomic E-state index is 13.2. The van der Waals surface area contributed by atoms with Crippen molar-refractivity contribution in [3.63, 3.8) is 0 Å². The van der Waals surface area contributed by atoms with E-state index in [4.69, 9.17) is 4.42 Å². The molecule has 3 aromatic rings. The molecule has 0 saturated heterocycles. The maximum Gasteiger partial charge on any atom is 0.261 e. The second kappa shape index (κ2) is 7.26. The summed E-state index contributed by atoms with van der Waals surface area (Å²) in [6, 6.07) is 12.1. The lowest BCUT2D eigenvalue weighted by atomic mass is 10.0. The van der Waals surface area contributed by atoms with E-state index < -0.39 is 5.91 Å². The highest BCUT2D eigenvalue weighted by atomic mass is 16.3. The number of amides is 3. The molecule has 0 radical (unpaired) electrons. The summed E-state index contributed by atoms with van der Waals surface area (Å²) in [4.78, 5) is 45.8. The van der Waals surface area contributed by atoms with Crippen molar-refractivity contribution in [1.29, 1.82) is 0 Å².